The van der Waals surface area contributed by atoms with Crippen molar-refractivity contribution in [2.45, 2.75) is 95.7 Å². The normalized spacial score (nSPS) is 34.0. The average Bonchev–Trinajstić information content (AvgIpc) is 3.83. The van der Waals surface area contributed by atoms with Crippen molar-refractivity contribution in [1.29, 1.82) is 3.29 Å². The van der Waals surface area contributed by atoms with Crippen LogP contribution in [0.1, 0.15) is 46.0 Å². The zero-order chi connectivity index (χ0) is 39.1. The zero-order valence-electron chi connectivity index (χ0n) is 31.5. The van der Waals surface area contributed by atoms with E-state index in [1.165, 1.54) is 19.3 Å². The quantitative estimate of drug-likeness (QED) is 0.193. The summed E-state index contributed by atoms with van der Waals surface area (Å²) in [4.78, 5) is 48.6. The van der Waals surface area contributed by atoms with Crippen LogP contribution in [0.25, 0.3) is 22.3 Å². The Morgan fingerprint density at radius 1 is 0.944 bits per heavy atom. The Kier molecular flexibility index (Phi) is 10.6. The van der Waals surface area contributed by atoms with Gasteiger partial charge in [0.15, 0.2) is 25.7 Å². The Balaban J connectivity index is 1.24. The number of nitrogens with one attached hydrogen (secondary N) is 3. The van der Waals surface area contributed by atoms with Crippen molar-refractivity contribution in [1.82, 2.24) is 39.0 Å². The summed E-state index contributed by atoms with van der Waals surface area (Å²) in [6, 6.07) is 0. The summed E-state index contributed by atoms with van der Waals surface area (Å²) in [6.07, 6.45) is 1.76. The van der Waals surface area contributed by atoms with E-state index in [0.29, 0.717) is 20.7 Å². The first-order chi connectivity index (χ1) is 25.2. The fourth-order valence-corrected chi connectivity index (χ4v) is 11.7. The van der Waals surface area contributed by atoms with Crippen LogP contribution in [0, 0.1) is 16.1 Å². The van der Waals surface area contributed by atoms with Crippen molar-refractivity contribution >= 4 is 78.5 Å². The minimum atomic E-state index is -3.82. The van der Waals surface area contributed by atoms with Crippen molar-refractivity contribution in [3.63, 3.8) is 0 Å². The molecule has 0 aromatic carbocycles. The summed E-state index contributed by atoms with van der Waals surface area (Å²) < 4.78 is 71.8. The molecule has 0 amide bonds. The van der Waals surface area contributed by atoms with E-state index in [9.17, 15) is 14.2 Å². The standard InChI is InChI=1S/C31H45N8O10P2Si.Bi.HN/c1-16-22-18(45-29(16)38-14-34-20-25(38)32-13-33-27(20)40)11-43-50(6,7)47-23-19(12-44-51(8,42)48-22)46-30(24(23)49-52(9,10)31(3,4)5)39-15-35-21-26(39)36-17(2)37-28(21)41;;/h14-16,18-19,22-24,29-30H,6,11-12H2,1-5,7-10H3,(H,32,33,40)(H,36,37,41);;1H/t16?,18-,19-,22-,23?,24+,29-,30-,50?,51?;;/m1../s1. The molecule has 7 heterocycles. The Hall–Kier alpha value is -2.15. The second-order valence-electron chi connectivity index (χ2n) is 15.6. The predicted octanol–water partition coefficient (Wildman–Crippen LogP) is 3.02. The van der Waals surface area contributed by atoms with Crippen molar-refractivity contribution in [2.75, 3.05) is 26.5 Å². The number of fused-ring (bicyclic) bond motifs is 4. The second-order valence-corrected chi connectivity index (χ2v) is 27.4. The molecule has 0 spiro atoms. The average molecular weight is 1000 g/mol. The first-order valence-electron chi connectivity index (χ1n) is 17.4. The molecule has 0 bridgehead atoms. The van der Waals surface area contributed by atoms with Gasteiger partial charge in [-0.1, -0.05) is 20.8 Å². The van der Waals surface area contributed by atoms with E-state index in [0.717, 1.165) is 0 Å². The van der Waals surface area contributed by atoms with Crippen molar-refractivity contribution in [2.24, 2.45) is 5.92 Å². The third kappa shape index (κ3) is 7.51. The molecule has 3 N–H and O–H groups in total. The number of nitrogens with zero attached hydrogens (tertiary/aromatic N) is 6. The molecule has 54 heavy (non-hydrogen) atoms. The van der Waals surface area contributed by atoms with Crippen LogP contribution >= 0.6 is 14.9 Å². The second kappa shape index (κ2) is 14.3. The van der Waals surface area contributed by atoms with Crippen LogP contribution in [-0.4, -0.2) is 134 Å². The third-order valence-electron chi connectivity index (χ3n) is 10.4. The van der Waals surface area contributed by atoms with Crippen LogP contribution in [0.3, 0.4) is 0 Å². The fourth-order valence-electron chi connectivity index (χ4n) is 6.69. The number of H-pyrrole nitrogens is 2. The monoisotopic (exact) mass is 1000 g/mol. The molecule has 294 valence electrons. The van der Waals surface area contributed by atoms with Gasteiger partial charge in [0.1, 0.15) is 11.9 Å². The number of aryl methyl sites for hydroxylation is 1. The van der Waals surface area contributed by atoms with Gasteiger partial charge in [0.25, 0.3) is 5.56 Å². The van der Waals surface area contributed by atoms with Gasteiger partial charge in [-0.05, 0) is 25.1 Å². The van der Waals surface area contributed by atoms with E-state index in [1.54, 1.807) is 22.7 Å². The van der Waals surface area contributed by atoms with Gasteiger partial charge in [-0.3, -0.25) is 9.36 Å². The number of aromatic amines is 2. The zero-order valence-corrected chi connectivity index (χ0v) is 37.8. The molecule has 3 aliphatic rings. The molecule has 4 aromatic heterocycles. The van der Waals surface area contributed by atoms with Gasteiger partial charge < -0.3 is 14.1 Å². The van der Waals surface area contributed by atoms with Gasteiger partial charge in [0, 0.05) is 0 Å². The van der Waals surface area contributed by atoms with E-state index in [-0.39, 0.29) is 34.8 Å². The molecule has 3 fully saturated rings. The molecular weight excluding hydrogens is 957 g/mol. The van der Waals surface area contributed by atoms with E-state index in [1.807, 2.05) is 6.92 Å². The van der Waals surface area contributed by atoms with Crippen LogP contribution in [-0.2, 0) is 36.6 Å². The van der Waals surface area contributed by atoms with Gasteiger partial charge >= 0.3 is 196 Å². The van der Waals surface area contributed by atoms with Crippen LogP contribution in [0.2, 0.25) is 18.1 Å². The summed E-state index contributed by atoms with van der Waals surface area (Å²) in [5, 5.41) is -0.205. The van der Waals surface area contributed by atoms with E-state index < -0.39 is 101 Å². The molecule has 0 radical (unpaired) electrons. The van der Waals surface area contributed by atoms with Crippen LogP contribution in [0.5, 0.6) is 0 Å². The molecule has 3 aliphatic heterocycles. The Labute approximate surface area is 323 Å². The van der Waals surface area contributed by atoms with Gasteiger partial charge in [0.05, 0.1) is 6.33 Å². The molecule has 4 aromatic rings. The molecular formula is C31H46BiN9O10P2Si. The molecule has 4 unspecified atom stereocenters. The summed E-state index contributed by atoms with van der Waals surface area (Å²) in [7, 11) is -9.30. The molecule has 23 heteroatoms. The minimum absolute atomic E-state index is 0.0412. The first kappa shape index (κ1) is 40.1. The number of imidazole rings is 2. The molecule has 7 rings (SSSR count). The number of aromatic nitrogens is 8. The summed E-state index contributed by atoms with van der Waals surface area (Å²) in [5.74, 6) is -0.0347. The molecule has 19 nitrogen and oxygen atoms in total. The molecule has 10 atom stereocenters. The summed E-state index contributed by atoms with van der Waals surface area (Å²) >= 11 is -1.91. The number of rotatable bonds is 5. The van der Waals surface area contributed by atoms with Crippen LogP contribution < -0.4 is 14.7 Å². The van der Waals surface area contributed by atoms with Crippen LogP contribution in [0.4, 0.5) is 0 Å². The summed E-state index contributed by atoms with van der Waals surface area (Å²) in [5.41, 5.74) is 0.0745. The van der Waals surface area contributed by atoms with E-state index in [4.69, 9.17) is 35.3 Å². The maximum absolute atomic E-state index is 14.2. The molecule has 0 saturated carbocycles. The van der Waals surface area contributed by atoms with Gasteiger partial charge in [0.2, 0.25) is 0 Å². The molecule has 3 saturated heterocycles. The predicted molar refractivity (Wildman–Crippen MR) is 203 cm³/mol. The fraction of sp³-hybridized carbons (Fsp3) is 0.645. The van der Waals surface area contributed by atoms with Gasteiger partial charge in [-0.15, -0.1) is 0 Å². The number of hydrogen-bond donors (Lipinski definition) is 3. The maximum atomic E-state index is 14.2. The Bertz CT molecular complexity index is 2330. The topological polar surface area (TPSA) is 233 Å². The SMILES string of the molecule is C=P1(C)OC[C@H]2O[C@@H](n3cnc4c(=O)[nH][c]([Bi]=[NH])nc43)C(C)[C@H]2OP(C)(=O)OC[C@H]2O[C@@H](n3cnc4c(=O)[nH]c(C)nc43)[C@@H](O[Si](C)(C)C(C)(C)C)C2O1. The van der Waals surface area contributed by atoms with Crippen molar-refractivity contribution in [3.8, 4) is 0 Å². The van der Waals surface area contributed by atoms with E-state index in [2.05, 4.69) is 70.1 Å². The van der Waals surface area contributed by atoms with Crippen molar-refractivity contribution < 1.29 is 36.6 Å². The Morgan fingerprint density at radius 3 is 2.17 bits per heavy atom. The number of ether oxygens (including phenoxy) is 2. The van der Waals surface area contributed by atoms with Gasteiger partial charge in [-0.25, -0.2) is 9.97 Å². The number of hydrogen-bond acceptors (Lipinski definition) is 15. The van der Waals surface area contributed by atoms with Crippen molar-refractivity contribution in [3.05, 3.63) is 39.2 Å². The van der Waals surface area contributed by atoms with Crippen LogP contribution in [0.15, 0.2) is 22.2 Å². The van der Waals surface area contributed by atoms with Gasteiger partial charge in [-0.2, -0.15) is 0 Å². The summed E-state index contributed by atoms with van der Waals surface area (Å²) in [6.45, 7) is 17.1. The third-order valence-corrected chi connectivity index (χ3v) is 19.2. The first-order valence-corrected chi connectivity index (χ1v) is 28.0. The Morgan fingerprint density at radius 2 is 1.52 bits per heavy atom. The van der Waals surface area contributed by atoms with E-state index >= 15 is 0 Å². The molecule has 0 aliphatic carbocycles.